The number of carbonyl (C=O) groups excluding carboxylic acids is 3. The van der Waals surface area contributed by atoms with Crippen LogP contribution in [0.2, 0.25) is 0 Å². The van der Waals surface area contributed by atoms with Crippen LogP contribution >= 0.6 is 0 Å². The van der Waals surface area contributed by atoms with Crippen molar-refractivity contribution in [3.63, 3.8) is 0 Å². The van der Waals surface area contributed by atoms with Crippen molar-refractivity contribution in [1.29, 1.82) is 0 Å². The van der Waals surface area contributed by atoms with E-state index >= 15 is 0 Å². The number of ether oxygens (including phenoxy) is 2. The van der Waals surface area contributed by atoms with E-state index in [1.807, 2.05) is 6.07 Å². The maximum absolute atomic E-state index is 13.0. The molecule has 1 fully saturated rings. The van der Waals surface area contributed by atoms with E-state index in [-0.39, 0.29) is 29.7 Å². The maximum Gasteiger partial charge on any atom is 0.347 e. The molecule has 1 amide bonds. The van der Waals surface area contributed by atoms with Gasteiger partial charge in [-0.05, 0) is 25.1 Å². The molecule has 0 spiro atoms. The van der Waals surface area contributed by atoms with Crippen molar-refractivity contribution in [2.24, 2.45) is 0 Å². The number of aromatic amines is 1. The second kappa shape index (κ2) is 8.60. The summed E-state index contributed by atoms with van der Waals surface area (Å²) < 4.78 is 10.8. The van der Waals surface area contributed by atoms with Gasteiger partial charge in [0.2, 0.25) is 17.6 Å². The minimum absolute atomic E-state index is 0.0109. The zero-order valence-electron chi connectivity index (χ0n) is 17.3. The van der Waals surface area contributed by atoms with Crippen molar-refractivity contribution in [3.8, 4) is 0 Å². The molecule has 2 aromatic rings. The van der Waals surface area contributed by atoms with E-state index in [4.69, 9.17) is 9.47 Å². The molecule has 162 valence electrons. The van der Waals surface area contributed by atoms with E-state index in [0.29, 0.717) is 37.4 Å². The Morgan fingerprint density at radius 1 is 1.32 bits per heavy atom. The van der Waals surface area contributed by atoms with Crippen molar-refractivity contribution in [3.05, 3.63) is 47.3 Å². The number of nitrogens with one attached hydrogen (secondary N) is 2. The molecule has 2 aliphatic heterocycles. The molecule has 0 saturated carbocycles. The second-order valence-corrected chi connectivity index (χ2v) is 7.11. The van der Waals surface area contributed by atoms with Gasteiger partial charge in [-0.1, -0.05) is 0 Å². The first-order valence-corrected chi connectivity index (χ1v) is 10.0. The predicted octanol–water partition coefficient (Wildman–Crippen LogP) is 0.947. The van der Waals surface area contributed by atoms with Crippen LogP contribution in [0.5, 0.6) is 0 Å². The number of aromatic nitrogens is 2. The monoisotopic (exact) mass is 425 g/mol. The summed E-state index contributed by atoms with van der Waals surface area (Å²) in [6.07, 6.45) is 4.96. The molecular formula is C21H23N5O5. The number of piperazine rings is 1. The fraction of sp³-hybridized carbons (Fsp3) is 0.333. The van der Waals surface area contributed by atoms with Crippen molar-refractivity contribution in [2.45, 2.75) is 13.8 Å². The number of ketones is 1. The highest BCUT2D eigenvalue weighted by molar-refractivity contribution is 6.26. The molecule has 0 aromatic carbocycles. The van der Waals surface area contributed by atoms with Crippen LogP contribution in [-0.4, -0.2) is 70.3 Å². The zero-order valence-corrected chi connectivity index (χ0v) is 17.3. The number of carbonyl (C=O) groups is 3. The van der Waals surface area contributed by atoms with Gasteiger partial charge in [0.1, 0.15) is 5.65 Å². The first kappa shape index (κ1) is 20.6. The fourth-order valence-corrected chi connectivity index (χ4v) is 3.51. The molecule has 1 saturated heterocycles. The van der Waals surface area contributed by atoms with E-state index in [1.165, 1.54) is 6.92 Å². The summed E-state index contributed by atoms with van der Waals surface area (Å²) in [5, 5.41) is 2.63. The van der Waals surface area contributed by atoms with Gasteiger partial charge in [-0.2, -0.15) is 0 Å². The van der Waals surface area contributed by atoms with Gasteiger partial charge in [-0.25, -0.2) is 14.8 Å². The Morgan fingerprint density at radius 2 is 2.10 bits per heavy atom. The molecule has 2 aromatic heterocycles. The number of hydrazine groups is 1. The number of esters is 1. The van der Waals surface area contributed by atoms with Crippen molar-refractivity contribution >= 4 is 34.8 Å². The normalized spacial score (nSPS) is 18.6. The highest BCUT2D eigenvalue weighted by Crippen LogP contribution is 2.28. The molecule has 0 atom stereocenters. The van der Waals surface area contributed by atoms with E-state index in [0.717, 1.165) is 5.39 Å². The van der Waals surface area contributed by atoms with E-state index < -0.39 is 11.8 Å². The summed E-state index contributed by atoms with van der Waals surface area (Å²) in [7, 11) is 0. The van der Waals surface area contributed by atoms with Crippen LogP contribution in [0.25, 0.3) is 17.1 Å². The standard InChI is InChI=1S/C21H23N5O5/c1-3-30-21(29)17-18(28)16(11-14-12-23-19-15(14)5-4-6-22-19)31-20(17)24-26-9-7-25(8-10-26)13(2)27/h4-6,11-12,24H,3,7-10H2,1-2H3,(H,22,23)/b16-11-. The lowest BCUT2D eigenvalue weighted by atomic mass is 10.1. The lowest BCUT2D eigenvalue weighted by Gasteiger charge is -2.34. The number of allylic oxidation sites excluding steroid dienone is 1. The van der Waals surface area contributed by atoms with Gasteiger partial charge in [0, 0.05) is 56.4 Å². The Morgan fingerprint density at radius 3 is 2.81 bits per heavy atom. The first-order valence-electron chi connectivity index (χ1n) is 10.0. The summed E-state index contributed by atoms with van der Waals surface area (Å²) >= 11 is 0. The number of amides is 1. The number of fused-ring (bicyclic) bond motifs is 1. The number of nitrogens with zero attached hydrogens (tertiary/aromatic N) is 3. The van der Waals surface area contributed by atoms with Crippen LogP contribution in [0, 0.1) is 0 Å². The Bertz CT molecular complexity index is 1090. The molecule has 4 heterocycles. The molecule has 31 heavy (non-hydrogen) atoms. The molecule has 2 N–H and O–H groups in total. The predicted molar refractivity (Wildman–Crippen MR) is 111 cm³/mol. The molecule has 2 aliphatic rings. The third-order valence-corrected chi connectivity index (χ3v) is 5.12. The van der Waals surface area contributed by atoms with Crippen LogP contribution in [0.1, 0.15) is 19.4 Å². The molecular weight excluding hydrogens is 402 g/mol. The summed E-state index contributed by atoms with van der Waals surface area (Å²) in [4.78, 5) is 46.0. The van der Waals surface area contributed by atoms with Crippen LogP contribution in [0.15, 0.2) is 41.7 Å². The molecule has 0 aliphatic carbocycles. The lowest BCUT2D eigenvalue weighted by molar-refractivity contribution is -0.139. The van der Waals surface area contributed by atoms with Gasteiger partial charge >= 0.3 is 5.97 Å². The number of Topliss-reactive ketones (excluding diaryl/α,β-unsaturated/α-hetero) is 1. The van der Waals surface area contributed by atoms with Crippen molar-refractivity contribution in [1.82, 2.24) is 25.3 Å². The summed E-state index contributed by atoms with van der Waals surface area (Å²) in [6.45, 7) is 5.43. The Balaban J connectivity index is 1.58. The Labute approximate surface area is 178 Å². The Hall–Kier alpha value is -3.66. The fourth-order valence-electron chi connectivity index (χ4n) is 3.51. The smallest absolute Gasteiger partial charge is 0.347 e. The number of pyridine rings is 1. The summed E-state index contributed by atoms with van der Waals surface area (Å²) in [5.41, 5.74) is 4.23. The molecule has 10 nitrogen and oxygen atoms in total. The lowest BCUT2D eigenvalue weighted by Crippen LogP contribution is -2.52. The molecule has 4 rings (SSSR count). The van der Waals surface area contributed by atoms with Gasteiger partial charge in [0.05, 0.1) is 6.61 Å². The zero-order chi connectivity index (χ0) is 22.0. The molecule has 10 heteroatoms. The topological polar surface area (TPSA) is 117 Å². The largest absolute Gasteiger partial charge is 0.462 e. The third kappa shape index (κ3) is 4.15. The number of H-pyrrole nitrogens is 1. The first-order chi connectivity index (χ1) is 15.0. The van der Waals surface area contributed by atoms with Crippen LogP contribution < -0.4 is 5.43 Å². The average molecular weight is 425 g/mol. The number of hydrogen-bond donors (Lipinski definition) is 2. The molecule has 0 radical (unpaired) electrons. The third-order valence-electron chi connectivity index (χ3n) is 5.12. The van der Waals surface area contributed by atoms with Crippen LogP contribution in [-0.2, 0) is 23.9 Å². The number of hydrogen-bond acceptors (Lipinski definition) is 8. The maximum atomic E-state index is 13.0. The highest BCUT2D eigenvalue weighted by Gasteiger charge is 2.38. The molecule has 0 unspecified atom stereocenters. The van der Waals surface area contributed by atoms with Gasteiger partial charge in [-0.15, -0.1) is 0 Å². The molecule has 0 bridgehead atoms. The minimum atomic E-state index is -0.749. The quantitative estimate of drug-likeness (QED) is 0.413. The van der Waals surface area contributed by atoms with E-state index in [2.05, 4.69) is 15.4 Å². The Kier molecular flexibility index (Phi) is 5.72. The van der Waals surface area contributed by atoms with Crippen LogP contribution in [0.3, 0.4) is 0 Å². The second-order valence-electron chi connectivity index (χ2n) is 7.11. The number of rotatable bonds is 5. The van der Waals surface area contributed by atoms with Gasteiger partial charge in [0.15, 0.2) is 11.3 Å². The minimum Gasteiger partial charge on any atom is -0.462 e. The highest BCUT2D eigenvalue weighted by atomic mass is 16.5. The van der Waals surface area contributed by atoms with Crippen molar-refractivity contribution < 1.29 is 23.9 Å². The van der Waals surface area contributed by atoms with Crippen molar-refractivity contribution in [2.75, 3.05) is 32.8 Å². The van der Waals surface area contributed by atoms with Crippen LogP contribution in [0.4, 0.5) is 0 Å². The van der Waals surface area contributed by atoms with E-state index in [1.54, 1.807) is 41.4 Å². The van der Waals surface area contributed by atoms with Gasteiger partial charge in [-0.3, -0.25) is 15.0 Å². The SMILES string of the molecule is CCOC(=O)C1=C(NN2CCN(C(C)=O)CC2)O/C(=C\c2c[nH]c3ncccc23)C1=O. The average Bonchev–Trinajstić information content (AvgIpc) is 3.30. The summed E-state index contributed by atoms with van der Waals surface area (Å²) in [5.74, 6) is -1.25. The van der Waals surface area contributed by atoms with Gasteiger partial charge < -0.3 is 19.4 Å². The van der Waals surface area contributed by atoms with E-state index in [9.17, 15) is 14.4 Å². The van der Waals surface area contributed by atoms with Gasteiger partial charge in [0.25, 0.3) is 0 Å². The summed E-state index contributed by atoms with van der Waals surface area (Å²) in [6, 6.07) is 3.67.